The molecule has 1 rings (SSSR count). The SMILES string of the molecule is C[Si](C)(C)C1=CC[C-]=C1.[Cl-].[Cl-].[Ti+3]. The van der Waals surface area contributed by atoms with Crippen LogP contribution < -0.4 is 24.8 Å². The first-order valence-electron chi connectivity index (χ1n) is 3.38. The maximum Gasteiger partial charge on any atom is 3.00 e. The molecular formula is C8H13Cl2SiTi. The van der Waals surface area contributed by atoms with Crippen molar-refractivity contribution in [1.82, 2.24) is 0 Å². The minimum atomic E-state index is -0.981. The molecule has 4 heteroatoms. The van der Waals surface area contributed by atoms with Gasteiger partial charge in [0, 0.05) is 0 Å². The Hall–Kier alpha value is 0.991. The Morgan fingerprint density at radius 3 is 1.92 bits per heavy atom. The quantitative estimate of drug-likeness (QED) is 0.338. The van der Waals surface area contributed by atoms with Crippen molar-refractivity contribution in [1.29, 1.82) is 0 Å². The second kappa shape index (κ2) is 7.40. The van der Waals surface area contributed by atoms with E-state index in [9.17, 15) is 0 Å². The molecule has 0 aromatic heterocycles. The Labute approximate surface area is 104 Å². The van der Waals surface area contributed by atoms with Crippen LogP contribution in [-0.2, 0) is 21.7 Å². The topological polar surface area (TPSA) is 0 Å². The fourth-order valence-corrected chi connectivity index (χ4v) is 2.17. The third-order valence-corrected chi connectivity index (χ3v) is 3.64. The van der Waals surface area contributed by atoms with Gasteiger partial charge in [-0.1, -0.05) is 19.6 Å². The van der Waals surface area contributed by atoms with Gasteiger partial charge in [0.2, 0.25) is 0 Å². The van der Waals surface area contributed by atoms with Crippen molar-refractivity contribution in [2.75, 3.05) is 0 Å². The normalized spacial score (nSPS) is 13.8. The van der Waals surface area contributed by atoms with Crippen LogP contribution in [0.5, 0.6) is 0 Å². The fraction of sp³-hybridized carbons (Fsp3) is 0.500. The molecule has 0 spiro atoms. The van der Waals surface area contributed by atoms with Gasteiger partial charge in [0.05, 0.1) is 0 Å². The predicted octanol–water partition coefficient (Wildman–Crippen LogP) is -3.44. The fourth-order valence-electron chi connectivity index (χ4n) is 0.919. The molecule has 1 aliphatic rings. The molecule has 0 heterocycles. The van der Waals surface area contributed by atoms with E-state index in [1.54, 1.807) is 5.20 Å². The molecule has 12 heavy (non-hydrogen) atoms. The van der Waals surface area contributed by atoms with Crippen LogP contribution in [-0.4, -0.2) is 8.07 Å². The molecule has 0 saturated heterocycles. The molecule has 0 N–H and O–H groups in total. The van der Waals surface area contributed by atoms with E-state index in [-0.39, 0.29) is 46.5 Å². The minimum absolute atomic E-state index is 0. The smallest absolute Gasteiger partial charge is 1.00 e. The first-order chi connectivity index (χ1) is 4.11. The molecule has 0 amide bonds. The molecule has 0 aliphatic heterocycles. The summed E-state index contributed by atoms with van der Waals surface area (Å²) in [6, 6.07) is 0. The third kappa shape index (κ3) is 5.60. The Morgan fingerprint density at radius 1 is 1.25 bits per heavy atom. The van der Waals surface area contributed by atoms with Gasteiger partial charge in [-0.05, 0) is 8.07 Å². The van der Waals surface area contributed by atoms with Crippen LogP contribution in [0.3, 0.4) is 0 Å². The van der Waals surface area contributed by atoms with Crippen LogP contribution in [0.25, 0.3) is 0 Å². The van der Waals surface area contributed by atoms with Gasteiger partial charge in [-0.25, -0.2) is 11.3 Å². The zero-order chi connectivity index (χ0) is 6.91. The average Bonchev–Trinajstić information content (AvgIpc) is 2.08. The largest absolute Gasteiger partial charge is 3.00 e. The Balaban J connectivity index is -0.000000270. The molecule has 0 nitrogen and oxygen atoms in total. The number of hydrogen-bond donors (Lipinski definition) is 0. The van der Waals surface area contributed by atoms with Crippen molar-refractivity contribution in [3.8, 4) is 0 Å². The summed E-state index contributed by atoms with van der Waals surface area (Å²) in [5.74, 6) is 0. The zero-order valence-corrected chi connectivity index (χ0v) is 11.7. The molecule has 67 valence electrons. The van der Waals surface area contributed by atoms with Crippen LogP contribution >= 0.6 is 0 Å². The van der Waals surface area contributed by atoms with Gasteiger partial charge in [0.15, 0.2) is 0 Å². The van der Waals surface area contributed by atoms with Crippen LogP contribution in [0, 0.1) is 6.08 Å². The number of hydrogen-bond acceptors (Lipinski definition) is 0. The van der Waals surface area contributed by atoms with E-state index < -0.39 is 8.07 Å². The van der Waals surface area contributed by atoms with Gasteiger partial charge >= 0.3 is 21.7 Å². The first-order valence-corrected chi connectivity index (χ1v) is 6.88. The summed E-state index contributed by atoms with van der Waals surface area (Å²) in [6.45, 7) is 7.09. The zero-order valence-electron chi connectivity index (χ0n) is 7.62. The molecule has 0 saturated carbocycles. The van der Waals surface area contributed by atoms with Crippen molar-refractivity contribution in [3.63, 3.8) is 0 Å². The maximum atomic E-state index is 3.20. The monoisotopic (exact) mass is 255 g/mol. The van der Waals surface area contributed by atoms with E-state index >= 15 is 0 Å². The second-order valence-electron chi connectivity index (χ2n) is 3.46. The summed E-state index contributed by atoms with van der Waals surface area (Å²) in [5, 5.41) is 1.56. The molecule has 0 atom stereocenters. The Morgan fingerprint density at radius 2 is 1.75 bits per heavy atom. The average molecular weight is 256 g/mol. The van der Waals surface area contributed by atoms with Crippen molar-refractivity contribution in [2.24, 2.45) is 0 Å². The summed E-state index contributed by atoms with van der Waals surface area (Å²) in [6.07, 6.45) is 8.69. The molecule has 0 fully saturated rings. The number of rotatable bonds is 1. The summed E-state index contributed by atoms with van der Waals surface area (Å²) >= 11 is 0. The molecular weight excluding hydrogens is 243 g/mol. The van der Waals surface area contributed by atoms with Gasteiger partial charge in [-0.15, -0.1) is 6.42 Å². The van der Waals surface area contributed by atoms with E-state index in [2.05, 4.69) is 37.9 Å². The Bertz CT molecular complexity index is 170. The molecule has 0 aromatic carbocycles. The first kappa shape index (κ1) is 18.7. The van der Waals surface area contributed by atoms with E-state index in [0.717, 1.165) is 6.42 Å². The van der Waals surface area contributed by atoms with Crippen LogP contribution in [0.2, 0.25) is 19.6 Å². The summed E-state index contributed by atoms with van der Waals surface area (Å²) < 4.78 is 0. The van der Waals surface area contributed by atoms with Crippen LogP contribution in [0.15, 0.2) is 17.3 Å². The van der Waals surface area contributed by atoms with Crippen molar-refractivity contribution >= 4 is 8.07 Å². The van der Waals surface area contributed by atoms with Gasteiger partial charge in [0.1, 0.15) is 0 Å². The van der Waals surface area contributed by atoms with Gasteiger partial charge in [0.25, 0.3) is 0 Å². The van der Waals surface area contributed by atoms with E-state index in [4.69, 9.17) is 0 Å². The summed E-state index contributed by atoms with van der Waals surface area (Å²) in [5.41, 5.74) is 0. The third-order valence-electron chi connectivity index (χ3n) is 1.56. The maximum absolute atomic E-state index is 3.20. The van der Waals surface area contributed by atoms with Gasteiger partial charge in [-0.3, -0.25) is 6.08 Å². The van der Waals surface area contributed by atoms with Crippen molar-refractivity contribution < 1.29 is 46.5 Å². The van der Waals surface area contributed by atoms with E-state index in [1.165, 1.54) is 0 Å². The standard InChI is InChI=1S/C8H13Si.2ClH.Ti/c1-9(2,3)8-6-4-5-7-8;;;/h6-7H,4H2,1-3H3;2*1H;/q-1;;;+3/p-2. The van der Waals surface area contributed by atoms with Crippen LogP contribution in [0.1, 0.15) is 6.42 Å². The van der Waals surface area contributed by atoms with Gasteiger partial charge < -0.3 is 24.8 Å². The molecule has 1 aliphatic carbocycles. The van der Waals surface area contributed by atoms with E-state index in [0.29, 0.717) is 0 Å². The molecule has 0 unspecified atom stereocenters. The van der Waals surface area contributed by atoms with Gasteiger partial charge in [-0.2, -0.15) is 6.08 Å². The number of halogens is 2. The van der Waals surface area contributed by atoms with Crippen molar-refractivity contribution in [3.05, 3.63) is 23.4 Å². The molecule has 1 radical (unpaired) electrons. The second-order valence-corrected chi connectivity index (χ2v) is 8.54. The Kier molecular flexibility index (Phi) is 11.5. The summed E-state index contributed by atoms with van der Waals surface area (Å²) in [4.78, 5) is 0. The molecule has 0 bridgehead atoms. The van der Waals surface area contributed by atoms with Crippen LogP contribution in [0.4, 0.5) is 0 Å². The summed E-state index contributed by atoms with van der Waals surface area (Å²) in [7, 11) is -0.981. The minimum Gasteiger partial charge on any atom is -1.00 e. The molecule has 0 aromatic rings. The van der Waals surface area contributed by atoms with Crippen molar-refractivity contribution in [2.45, 2.75) is 26.1 Å². The number of allylic oxidation sites excluding steroid dienone is 4. The van der Waals surface area contributed by atoms with E-state index in [1.807, 2.05) is 0 Å². The predicted molar refractivity (Wildman–Crippen MR) is 43.9 cm³/mol.